The molecule has 3 atom stereocenters. The van der Waals surface area contributed by atoms with Crippen LogP contribution in [0.25, 0.3) is 0 Å². The number of hydrogen-bond acceptors (Lipinski definition) is 3. The quantitative estimate of drug-likeness (QED) is 0.839. The molecule has 3 unspecified atom stereocenters. The van der Waals surface area contributed by atoms with Gasteiger partial charge in [-0.1, -0.05) is 18.6 Å². The Kier molecular flexibility index (Phi) is 5.79. The van der Waals surface area contributed by atoms with Crippen LogP contribution >= 0.6 is 11.8 Å². The van der Waals surface area contributed by atoms with Crippen molar-refractivity contribution in [1.29, 1.82) is 0 Å². The van der Waals surface area contributed by atoms with E-state index >= 15 is 0 Å². The Morgan fingerprint density at radius 1 is 1.15 bits per heavy atom. The Bertz CT molecular complexity index is 404. The summed E-state index contributed by atoms with van der Waals surface area (Å²) >= 11 is 2.00. The molecule has 112 valence electrons. The van der Waals surface area contributed by atoms with Crippen LogP contribution < -0.4 is 10.1 Å². The first kappa shape index (κ1) is 15.7. The first-order valence-corrected chi connectivity index (χ1v) is 8.94. The molecule has 1 N–H and O–H groups in total. The second kappa shape index (κ2) is 7.37. The molecule has 1 aromatic rings. The zero-order chi connectivity index (χ0) is 14.5. The van der Waals surface area contributed by atoms with Crippen LogP contribution in [0.2, 0.25) is 0 Å². The van der Waals surface area contributed by atoms with Gasteiger partial charge in [0.2, 0.25) is 0 Å². The Balaban J connectivity index is 1.93. The van der Waals surface area contributed by atoms with Gasteiger partial charge in [-0.2, -0.15) is 11.8 Å². The first-order valence-electron chi connectivity index (χ1n) is 7.65. The topological polar surface area (TPSA) is 21.3 Å². The van der Waals surface area contributed by atoms with Crippen molar-refractivity contribution in [3.8, 4) is 5.75 Å². The molecule has 1 aliphatic carbocycles. The molecule has 0 aromatic heterocycles. The molecule has 0 heterocycles. The molecule has 0 bridgehead atoms. The van der Waals surface area contributed by atoms with Crippen LogP contribution in [0.15, 0.2) is 24.3 Å². The van der Waals surface area contributed by atoms with Gasteiger partial charge in [0, 0.05) is 17.3 Å². The van der Waals surface area contributed by atoms with Crippen LogP contribution in [-0.2, 0) is 0 Å². The lowest BCUT2D eigenvalue weighted by molar-refractivity contribution is 0.242. The summed E-state index contributed by atoms with van der Waals surface area (Å²) < 4.78 is 5.69. The maximum absolute atomic E-state index is 5.69. The fourth-order valence-corrected chi connectivity index (χ4v) is 3.87. The zero-order valence-electron chi connectivity index (χ0n) is 13.1. The lowest BCUT2D eigenvalue weighted by Crippen LogP contribution is -2.35. The fourth-order valence-electron chi connectivity index (χ4n) is 2.92. The van der Waals surface area contributed by atoms with Crippen molar-refractivity contribution in [1.82, 2.24) is 5.32 Å². The van der Waals surface area contributed by atoms with Gasteiger partial charge in [0.05, 0.1) is 6.10 Å². The van der Waals surface area contributed by atoms with Gasteiger partial charge in [0.15, 0.2) is 0 Å². The van der Waals surface area contributed by atoms with E-state index in [1.807, 2.05) is 11.8 Å². The molecular formula is C17H27NOS. The minimum absolute atomic E-state index is 0.234. The molecule has 3 heteroatoms. The van der Waals surface area contributed by atoms with E-state index in [1.165, 1.54) is 24.8 Å². The van der Waals surface area contributed by atoms with Crippen molar-refractivity contribution in [2.75, 3.05) is 6.26 Å². The predicted octanol–water partition coefficient (Wildman–Crippen LogP) is 4.41. The molecule has 1 saturated carbocycles. The summed E-state index contributed by atoms with van der Waals surface area (Å²) in [6.07, 6.45) is 6.49. The van der Waals surface area contributed by atoms with Crippen LogP contribution in [-0.4, -0.2) is 23.7 Å². The summed E-state index contributed by atoms with van der Waals surface area (Å²) in [6.45, 7) is 6.37. The van der Waals surface area contributed by atoms with E-state index in [2.05, 4.69) is 56.6 Å². The van der Waals surface area contributed by atoms with Crippen molar-refractivity contribution in [2.45, 2.75) is 63.5 Å². The largest absolute Gasteiger partial charge is 0.491 e. The van der Waals surface area contributed by atoms with E-state index in [0.29, 0.717) is 12.1 Å². The molecule has 2 nitrogen and oxygen atoms in total. The summed E-state index contributed by atoms with van der Waals surface area (Å²) in [7, 11) is 0. The van der Waals surface area contributed by atoms with Crippen LogP contribution in [0.3, 0.4) is 0 Å². The predicted molar refractivity (Wildman–Crippen MR) is 88.7 cm³/mol. The third-order valence-corrected chi connectivity index (χ3v) is 5.14. The molecule has 0 aliphatic heterocycles. The molecular weight excluding hydrogens is 266 g/mol. The van der Waals surface area contributed by atoms with E-state index in [0.717, 1.165) is 11.0 Å². The number of hydrogen-bond donors (Lipinski definition) is 1. The Morgan fingerprint density at radius 2 is 1.85 bits per heavy atom. The molecule has 2 rings (SSSR count). The van der Waals surface area contributed by atoms with Gasteiger partial charge in [-0.15, -0.1) is 0 Å². The maximum atomic E-state index is 5.69. The standard InChI is InChI=1S/C17H27NOS/c1-12(2)19-15-10-8-14(9-11-15)13(3)18-16-6-5-7-17(16)20-4/h8-13,16-18H,5-7H2,1-4H3. The third-order valence-electron chi connectivity index (χ3n) is 3.97. The summed E-state index contributed by atoms with van der Waals surface area (Å²) in [4.78, 5) is 0. The van der Waals surface area contributed by atoms with Crippen molar-refractivity contribution in [2.24, 2.45) is 0 Å². The first-order chi connectivity index (χ1) is 9.60. The van der Waals surface area contributed by atoms with Gasteiger partial charge >= 0.3 is 0 Å². The summed E-state index contributed by atoms with van der Waals surface area (Å²) in [5.41, 5.74) is 1.34. The number of nitrogens with one attached hydrogen (secondary N) is 1. The van der Waals surface area contributed by atoms with Crippen LogP contribution in [0.1, 0.15) is 51.6 Å². The van der Waals surface area contributed by atoms with Gasteiger partial charge in [0.1, 0.15) is 5.75 Å². The second-order valence-corrected chi connectivity index (χ2v) is 7.01. The maximum Gasteiger partial charge on any atom is 0.119 e. The number of benzene rings is 1. The van der Waals surface area contributed by atoms with Gasteiger partial charge in [-0.25, -0.2) is 0 Å². The Labute approximate surface area is 127 Å². The molecule has 0 radical (unpaired) electrons. The molecule has 20 heavy (non-hydrogen) atoms. The van der Waals surface area contributed by atoms with Crippen LogP contribution in [0.5, 0.6) is 5.75 Å². The molecule has 1 fully saturated rings. The van der Waals surface area contributed by atoms with E-state index in [4.69, 9.17) is 4.74 Å². The lowest BCUT2D eigenvalue weighted by atomic mass is 10.1. The van der Waals surface area contributed by atoms with E-state index in [9.17, 15) is 0 Å². The highest BCUT2D eigenvalue weighted by atomic mass is 32.2. The minimum atomic E-state index is 0.234. The molecule has 0 spiro atoms. The molecule has 1 aromatic carbocycles. The average molecular weight is 293 g/mol. The molecule has 0 amide bonds. The SMILES string of the molecule is CSC1CCCC1NC(C)c1ccc(OC(C)C)cc1. The lowest BCUT2D eigenvalue weighted by Gasteiger charge is -2.24. The Morgan fingerprint density at radius 3 is 2.45 bits per heavy atom. The molecule has 0 saturated heterocycles. The second-order valence-electron chi connectivity index (χ2n) is 5.94. The smallest absolute Gasteiger partial charge is 0.119 e. The highest BCUT2D eigenvalue weighted by molar-refractivity contribution is 7.99. The van der Waals surface area contributed by atoms with E-state index in [-0.39, 0.29) is 6.10 Å². The zero-order valence-corrected chi connectivity index (χ0v) is 13.9. The van der Waals surface area contributed by atoms with Crippen molar-refractivity contribution < 1.29 is 4.74 Å². The van der Waals surface area contributed by atoms with Crippen LogP contribution in [0, 0.1) is 0 Å². The van der Waals surface area contributed by atoms with Gasteiger partial charge in [-0.05, 0) is 57.6 Å². The number of thioether (sulfide) groups is 1. The minimum Gasteiger partial charge on any atom is -0.491 e. The monoisotopic (exact) mass is 293 g/mol. The summed E-state index contributed by atoms with van der Waals surface area (Å²) in [5.74, 6) is 0.957. The van der Waals surface area contributed by atoms with E-state index < -0.39 is 0 Å². The van der Waals surface area contributed by atoms with Crippen molar-refractivity contribution in [3.05, 3.63) is 29.8 Å². The normalized spacial score (nSPS) is 24.1. The van der Waals surface area contributed by atoms with Gasteiger partial charge in [0.25, 0.3) is 0 Å². The van der Waals surface area contributed by atoms with Crippen molar-refractivity contribution >= 4 is 11.8 Å². The summed E-state index contributed by atoms with van der Waals surface area (Å²) in [5, 5.41) is 4.57. The van der Waals surface area contributed by atoms with Crippen LogP contribution in [0.4, 0.5) is 0 Å². The average Bonchev–Trinajstić information content (AvgIpc) is 2.86. The third kappa shape index (κ3) is 4.16. The highest BCUT2D eigenvalue weighted by Crippen LogP contribution is 2.30. The Hall–Kier alpha value is -0.670. The van der Waals surface area contributed by atoms with Gasteiger partial charge < -0.3 is 10.1 Å². The van der Waals surface area contributed by atoms with Crippen molar-refractivity contribution in [3.63, 3.8) is 0 Å². The number of rotatable bonds is 6. The van der Waals surface area contributed by atoms with Gasteiger partial charge in [-0.3, -0.25) is 0 Å². The van der Waals surface area contributed by atoms with E-state index in [1.54, 1.807) is 0 Å². The summed E-state index contributed by atoms with van der Waals surface area (Å²) in [6, 6.07) is 9.58. The number of ether oxygens (including phenoxy) is 1. The fraction of sp³-hybridized carbons (Fsp3) is 0.647. The highest BCUT2D eigenvalue weighted by Gasteiger charge is 2.27. The molecule has 1 aliphatic rings.